The van der Waals surface area contributed by atoms with E-state index in [0.29, 0.717) is 16.9 Å². The van der Waals surface area contributed by atoms with E-state index in [9.17, 15) is 0 Å². The van der Waals surface area contributed by atoms with Crippen molar-refractivity contribution in [1.29, 1.82) is 0 Å². The molecule has 0 aromatic heterocycles. The molecule has 2 bridgehead atoms. The van der Waals surface area contributed by atoms with Gasteiger partial charge in [0.2, 0.25) is 0 Å². The van der Waals surface area contributed by atoms with E-state index < -0.39 is 0 Å². The molecule has 104 valence electrons. The Morgan fingerprint density at radius 2 is 1.95 bits per heavy atom. The number of benzene rings is 1. The van der Waals surface area contributed by atoms with Gasteiger partial charge in [-0.1, -0.05) is 20.8 Å². The minimum Gasteiger partial charge on any atom is -0.399 e. The fraction of sp³-hybridized carbons (Fsp3) is 0.647. The highest BCUT2D eigenvalue weighted by molar-refractivity contribution is 5.57. The van der Waals surface area contributed by atoms with Crippen molar-refractivity contribution in [2.75, 3.05) is 11.1 Å². The van der Waals surface area contributed by atoms with Crippen LogP contribution in [-0.4, -0.2) is 6.04 Å². The van der Waals surface area contributed by atoms with Crippen molar-refractivity contribution in [1.82, 2.24) is 0 Å². The van der Waals surface area contributed by atoms with E-state index in [1.165, 1.54) is 30.5 Å². The van der Waals surface area contributed by atoms with Crippen molar-refractivity contribution >= 4 is 11.4 Å². The van der Waals surface area contributed by atoms with Gasteiger partial charge < -0.3 is 11.1 Å². The van der Waals surface area contributed by atoms with Gasteiger partial charge in [0.05, 0.1) is 0 Å². The molecule has 0 saturated heterocycles. The van der Waals surface area contributed by atoms with E-state index in [1.54, 1.807) is 0 Å². The molecule has 2 aliphatic rings. The average molecular weight is 258 g/mol. The number of anilines is 2. The Bertz CT molecular complexity index is 481. The maximum atomic E-state index is 5.97. The standard InChI is InChI=1S/C17H26N2/c1-11-7-13(18)9-14(8-11)19-15-16(2,3)12-5-6-17(15,4)10-12/h7-9,12,15,19H,5-6,10,18H2,1-4H3. The first-order chi connectivity index (χ1) is 8.81. The summed E-state index contributed by atoms with van der Waals surface area (Å²) in [6.07, 6.45) is 4.14. The first-order valence-corrected chi connectivity index (χ1v) is 7.45. The van der Waals surface area contributed by atoms with Crippen molar-refractivity contribution in [2.45, 2.75) is 53.0 Å². The van der Waals surface area contributed by atoms with Crippen LogP contribution in [0.25, 0.3) is 0 Å². The van der Waals surface area contributed by atoms with Crippen molar-refractivity contribution < 1.29 is 0 Å². The summed E-state index contributed by atoms with van der Waals surface area (Å²) in [5, 5.41) is 3.80. The fourth-order valence-electron chi connectivity index (χ4n) is 4.73. The van der Waals surface area contributed by atoms with Gasteiger partial charge in [0.25, 0.3) is 0 Å². The lowest BCUT2D eigenvalue weighted by atomic mass is 9.68. The summed E-state index contributed by atoms with van der Waals surface area (Å²) < 4.78 is 0. The van der Waals surface area contributed by atoms with Crippen LogP contribution in [0.5, 0.6) is 0 Å². The maximum Gasteiger partial charge on any atom is 0.0368 e. The van der Waals surface area contributed by atoms with E-state index in [2.05, 4.69) is 45.1 Å². The minimum absolute atomic E-state index is 0.380. The van der Waals surface area contributed by atoms with Crippen LogP contribution in [0.3, 0.4) is 0 Å². The van der Waals surface area contributed by atoms with E-state index in [1.807, 2.05) is 6.07 Å². The van der Waals surface area contributed by atoms with Crippen LogP contribution in [0.2, 0.25) is 0 Å². The largest absolute Gasteiger partial charge is 0.399 e. The number of aryl methyl sites for hydroxylation is 1. The lowest BCUT2D eigenvalue weighted by molar-refractivity contribution is 0.155. The van der Waals surface area contributed by atoms with Crippen LogP contribution in [-0.2, 0) is 0 Å². The molecule has 1 aromatic carbocycles. The van der Waals surface area contributed by atoms with Crippen molar-refractivity contribution in [3.05, 3.63) is 23.8 Å². The molecule has 0 aliphatic heterocycles. The van der Waals surface area contributed by atoms with Crippen LogP contribution >= 0.6 is 0 Å². The molecule has 3 N–H and O–H groups in total. The Morgan fingerprint density at radius 1 is 1.21 bits per heavy atom. The first kappa shape index (κ1) is 12.8. The van der Waals surface area contributed by atoms with Gasteiger partial charge >= 0.3 is 0 Å². The summed E-state index contributed by atoms with van der Waals surface area (Å²) >= 11 is 0. The van der Waals surface area contributed by atoms with Gasteiger partial charge in [-0.2, -0.15) is 0 Å². The summed E-state index contributed by atoms with van der Waals surface area (Å²) in [4.78, 5) is 0. The third kappa shape index (κ3) is 1.92. The summed E-state index contributed by atoms with van der Waals surface area (Å²) in [6.45, 7) is 9.42. The smallest absolute Gasteiger partial charge is 0.0368 e. The summed E-state index contributed by atoms with van der Waals surface area (Å²) in [5.41, 5.74) is 10.1. The zero-order valence-corrected chi connectivity index (χ0v) is 12.6. The molecule has 3 rings (SSSR count). The lowest BCUT2D eigenvalue weighted by Gasteiger charge is -2.43. The molecule has 0 heterocycles. The Hall–Kier alpha value is -1.18. The highest BCUT2D eigenvalue weighted by atomic mass is 15.0. The topological polar surface area (TPSA) is 38.0 Å². The second-order valence-electron chi connectivity index (χ2n) is 7.62. The van der Waals surface area contributed by atoms with E-state index in [-0.39, 0.29) is 0 Å². The third-order valence-electron chi connectivity index (χ3n) is 5.68. The fourth-order valence-corrected chi connectivity index (χ4v) is 4.73. The van der Waals surface area contributed by atoms with E-state index >= 15 is 0 Å². The average Bonchev–Trinajstić information content (AvgIpc) is 2.74. The third-order valence-corrected chi connectivity index (χ3v) is 5.68. The number of rotatable bonds is 2. The van der Waals surface area contributed by atoms with Gasteiger partial charge in [0.1, 0.15) is 0 Å². The molecule has 2 aliphatic carbocycles. The Kier molecular flexibility index (Phi) is 2.64. The van der Waals surface area contributed by atoms with E-state index in [0.717, 1.165) is 11.6 Å². The van der Waals surface area contributed by atoms with Crippen LogP contribution in [0, 0.1) is 23.7 Å². The summed E-state index contributed by atoms with van der Waals surface area (Å²) in [6, 6.07) is 6.86. The molecule has 19 heavy (non-hydrogen) atoms. The molecule has 2 heteroatoms. The number of nitrogens with two attached hydrogens (primary N) is 1. The van der Waals surface area contributed by atoms with Gasteiger partial charge in [-0.05, 0) is 66.7 Å². The first-order valence-electron chi connectivity index (χ1n) is 7.45. The van der Waals surface area contributed by atoms with Crippen molar-refractivity contribution in [2.24, 2.45) is 16.7 Å². The maximum absolute atomic E-state index is 5.97. The highest BCUT2D eigenvalue weighted by Crippen LogP contribution is 2.63. The quantitative estimate of drug-likeness (QED) is 0.780. The normalized spacial score (nSPS) is 35.6. The number of nitrogen functional groups attached to an aromatic ring is 1. The molecule has 3 unspecified atom stereocenters. The summed E-state index contributed by atoms with van der Waals surface area (Å²) in [7, 11) is 0. The highest BCUT2D eigenvalue weighted by Gasteiger charge is 2.59. The number of nitrogens with one attached hydrogen (secondary N) is 1. The van der Waals surface area contributed by atoms with Crippen LogP contribution in [0.15, 0.2) is 18.2 Å². The van der Waals surface area contributed by atoms with Gasteiger partial charge in [0.15, 0.2) is 0 Å². The van der Waals surface area contributed by atoms with E-state index in [4.69, 9.17) is 5.73 Å². The van der Waals surface area contributed by atoms with Gasteiger partial charge in [-0.3, -0.25) is 0 Å². The van der Waals surface area contributed by atoms with Crippen LogP contribution in [0.1, 0.15) is 45.6 Å². The zero-order chi connectivity index (χ0) is 13.8. The molecular weight excluding hydrogens is 232 g/mol. The summed E-state index contributed by atoms with van der Waals surface area (Å²) in [5.74, 6) is 0.872. The van der Waals surface area contributed by atoms with Gasteiger partial charge in [-0.15, -0.1) is 0 Å². The number of hydrogen-bond acceptors (Lipinski definition) is 2. The van der Waals surface area contributed by atoms with Crippen molar-refractivity contribution in [3.8, 4) is 0 Å². The minimum atomic E-state index is 0.380. The molecule has 0 radical (unpaired) electrons. The molecule has 0 amide bonds. The van der Waals surface area contributed by atoms with Gasteiger partial charge in [0, 0.05) is 17.4 Å². The van der Waals surface area contributed by atoms with Crippen LogP contribution < -0.4 is 11.1 Å². The van der Waals surface area contributed by atoms with Crippen LogP contribution in [0.4, 0.5) is 11.4 Å². The lowest BCUT2D eigenvalue weighted by Crippen LogP contribution is -2.45. The monoisotopic (exact) mass is 258 g/mol. The molecule has 3 atom stereocenters. The molecule has 2 fully saturated rings. The Morgan fingerprint density at radius 3 is 2.53 bits per heavy atom. The molecule has 1 aromatic rings. The molecule has 2 saturated carbocycles. The second-order valence-corrected chi connectivity index (χ2v) is 7.62. The SMILES string of the molecule is Cc1cc(N)cc(NC2C3(C)CCC(C3)C2(C)C)c1. The predicted octanol–water partition coefficient (Wildman–Crippen LogP) is 4.20. The molecule has 0 spiro atoms. The second kappa shape index (κ2) is 3.91. The Labute approximate surface area is 116 Å². The zero-order valence-electron chi connectivity index (χ0n) is 12.6. The van der Waals surface area contributed by atoms with Gasteiger partial charge in [-0.25, -0.2) is 0 Å². The number of fused-ring (bicyclic) bond motifs is 2. The molecular formula is C17H26N2. The predicted molar refractivity (Wildman–Crippen MR) is 82.2 cm³/mol. The molecule has 2 nitrogen and oxygen atoms in total. The number of hydrogen-bond donors (Lipinski definition) is 2. The Balaban J connectivity index is 1.90. The van der Waals surface area contributed by atoms with Crippen molar-refractivity contribution in [3.63, 3.8) is 0 Å².